The van der Waals surface area contributed by atoms with Crippen LogP contribution in [0.2, 0.25) is 0 Å². The molecule has 1 aliphatic rings. The molecule has 1 fully saturated rings. The van der Waals surface area contributed by atoms with Crippen LogP contribution >= 0.6 is 0 Å². The van der Waals surface area contributed by atoms with Gasteiger partial charge in [-0.15, -0.1) is 0 Å². The van der Waals surface area contributed by atoms with Gasteiger partial charge in [0, 0.05) is 6.42 Å². The molecular weight excluding hydrogens is 268 g/mol. The molecule has 0 radical (unpaired) electrons. The molecule has 0 aromatic heterocycles. The number of benzene rings is 1. The number of carbonyl (C=O) groups is 2. The Labute approximate surface area is 124 Å². The van der Waals surface area contributed by atoms with E-state index in [9.17, 15) is 9.59 Å². The van der Waals surface area contributed by atoms with Gasteiger partial charge in [0.25, 0.3) is 0 Å². The molecule has 5 heteroatoms. The van der Waals surface area contributed by atoms with Crippen molar-refractivity contribution in [1.82, 2.24) is 5.32 Å². The molecule has 5 nitrogen and oxygen atoms in total. The summed E-state index contributed by atoms with van der Waals surface area (Å²) in [6.07, 6.45) is 2.71. The zero-order valence-electron chi connectivity index (χ0n) is 12.3. The number of piperidine rings is 1. The highest BCUT2D eigenvalue weighted by atomic mass is 16.4. The van der Waals surface area contributed by atoms with Crippen molar-refractivity contribution in [3.8, 4) is 0 Å². The first-order valence-corrected chi connectivity index (χ1v) is 7.41. The van der Waals surface area contributed by atoms with Crippen molar-refractivity contribution in [2.45, 2.75) is 26.2 Å². The molecule has 0 aliphatic carbocycles. The Kier molecular flexibility index (Phi) is 5.33. The van der Waals surface area contributed by atoms with E-state index in [0.717, 1.165) is 25.9 Å². The third-order valence-corrected chi connectivity index (χ3v) is 4.08. The van der Waals surface area contributed by atoms with Crippen molar-refractivity contribution in [2.75, 3.05) is 18.4 Å². The SMILES string of the molecule is CC(CC(=O)Nc1ccccc1C(=O)O)C1CCCNC1. The minimum atomic E-state index is -1.03. The van der Waals surface area contributed by atoms with Gasteiger partial charge >= 0.3 is 5.97 Å². The zero-order valence-corrected chi connectivity index (χ0v) is 12.3. The Balaban J connectivity index is 1.94. The van der Waals surface area contributed by atoms with Crippen LogP contribution in [0.1, 0.15) is 36.5 Å². The molecule has 0 bridgehead atoms. The Morgan fingerprint density at radius 1 is 1.43 bits per heavy atom. The lowest BCUT2D eigenvalue weighted by molar-refractivity contribution is -0.117. The molecule has 2 unspecified atom stereocenters. The van der Waals surface area contributed by atoms with Gasteiger partial charge in [0.15, 0.2) is 0 Å². The van der Waals surface area contributed by atoms with Crippen molar-refractivity contribution >= 4 is 17.6 Å². The van der Waals surface area contributed by atoms with E-state index in [4.69, 9.17) is 5.11 Å². The molecule has 0 spiro atoms. The molecule has 1 aromatic carbocycles. The van der Waals surface area contributed by atoms with Crippen LogP contribution in [0.25, 0.3) is 0 Å². The largest absolute Gasteiger partial charge is 0.478 e. The van der Waals surface area contributed by atoms with E-state index in [1.807, 2.05) is 0 Å². The van der Waals surface area contributed by atoms with Gasteiger partial charge in [-0.05, 0) is 49.9 Å². The molecule has 1 aliphatic heterocycles. The van der Waals surface area contributed by atoms with Crippen molar-refractivity contribution in [2.24, 2.45) is 11.8 Å². The van der Waals surface area contributed by atoms with Crippen molar-refractivity contribution < 1.29 is 14.7 Å². The van der Waals surface area contributed by atoms with Crippen molar-refractivity contribution in [3.05, 3.63) is 29.8 Å². The quantitative estimate of drug-likeness (QED) is 0.778. The molecule has 21 heavy (non-hydrogen) atoms. The normalized spacial score (nSPS) is 19.8. The third-order valence-electron chi connectivity index (χ3n) is 4.08. The number of nitrogens with one attached hydrogen (secondary N) is 2. The molecule has 1 amide bonds. The third kappa shape index (κ3) is 4.29. The number of carboxylic acid groups (broad SMARTS) is 1. The van der Waals surface area contributed by atoms with Crippen LogP contribution in [-0.2, 0) is 4.79 Å². The number of hydrogen-bond donors (Lipinski definition) is 3. The molecule has 1 aromatic rings. The molecule has 2 rings (SSSR count). The molecule has 2 atom stereocenters. The van der Waals surface area contributed by atoms with Crippen molar-refractivity contribution in [1.29, 1.82) is 0 Å². The van der Waals surface area contributed by atoms with Gasteiger partial charge in [0.1, 0.15) is 0 Å². The average Bonchev–Trinajstić information content (AvgIpc) is 2.48. The minimum absolute atomic E-state index is 0.123. The number of hydrogen-bond acceptors (Lipinski definition) is 3. The van der Waals surface area contributed by atoms with Gasteiger partial charge < -0.3 is 15.7 Å². The molecule has 1 saturated heterocycles. The Hall–Kier alpha value is -1.88. The molecule has 1 heterocycles. The van der Waals surface area contributed by atoms with Crippen LogP contribution < -0.4 is 10.6 Å². The number of aromatic carboxylic acids is 1. The number of rotatable bonds is 5. The highest BCUT2D eigenvalue weighted by Gasteiger charge is 2.22. The van der Waals surface area contributed by atoms with E-state index in [1.165, 1.54) is 6.07 Å². The number of carbonyl (C=O) groups excluding carboxylic acids is 1. The van der Waals surface area contributed by atoms with Gasteiger partial charge in [-0.2, -0.15) is 0 Å². The Morgan fingerprint density at radius 2 is 2.19 bits per heavy atom. The first-order chi connectivity index (χ1) is 10.1. The van der Waals surface area contributed by atoms with Crippen LogP contribution in [-0.4, -0.2) is 30.1 Å². The summed E-state index contributed by atoms with van der Waals surface area (Å²) >= 11 is 0. The summed E-state index contributed by atoms with van der Waals surface area (Å²) in [6, 6.07) is 6.48. The first-order valence-electron chi connectivity index (χ1n) is 7.41. The van der Waals surface area contributed by atoms with E-state index in [0.29, 0.717) is 18.0 Å². The van der Waals surface area contributed by atoms with Crippen LogP contribution in [0.5, 0.6) is 0 Å². The summed E-state index contributed by atoms with van der Waals surface area (Å²) in [5.41, 5.74) is 0.488. The van der Waals surface area contributed by atoms with E-state index < -0.39 is 5.97 Å². The lowest BCUT2D eigenvalue weighted by atomic mass is 9.85. The number of para-hydroxylation sites is 1. The summed E-state index contributed by atoms with van der Waals surface area (Å²) in [4.78, 5) is 23.2. The Bertz CT molecular complexity index is 510. The maximum atomic E-state index is 12.1. The van der Waals surface area contributed by atoms with Crippen LogP contribution in [0.4, 0.5) is 5.69 Å². The number of anilines is 1. The fourth-order valence-electron chi connectivity index (χ4n) is 2.80. The van der Waals surface area contributed by atoms with Crippen molar-refractivity contribution in [3.63, 3.8) is 0 Å². The standard InChI is InChI=1S/C16H22N2O3/c1-11(12-5-4-8-17-10-12)9-15(19)18-14-7-3-2-6-13(14)16(20)21/h2-3,6-7,11-12,17H,4-5,8-10H2,1H3,(H,18,19)(H,20,21). The summed E-state index contributed by atoms with van der Waals surface area (Å²) < 4.78 is 0. The zero-order chi connectivity index (χ0) is 15.2. The molecule has 3 N–H and O–H groups in total. The van der Waals surface area contributed by atoms with Gasteiger partial charge in [0.05, 0.1) is 11.3 Å². The molecule has 0 saturated carbocycles. The fourth-order valence-corrected chi connectivity index (χ4v) is 2.80. The topological polar surface area (TPSA) is 78.4 Å². The van der Waals surface area contributed by atoms with Gasteiger partial charge in [-0.1, -0.05) is 19.1 Å². The van der Waals surface area contributed by atoms with Gasteiger partial charge in [-0.25, -0.2) is 4.79 Å². The predicted molar refractivity (Wildman–Crippen MR) is 81.4 cm³/mol. The second kappa shape index (κ2) is 7.22. The minimum Gasteiger partial charge on any atom is -0.478 e. The monoisotopic (exact) mass is 290 g/mol. The van der Waals surface area contributed by atoms with E-state index >= 15 is 0 Å². The summed E-state index contributed by atoms with van der Waals surface area (Å²) in [5, 5.41) is 15.2. The Morgan fingerprint density at radius 3 is 2.86 bits per heavy atom. The highest BCUT2D eigenvalue weighted by molar-refractivity contribution is 6.00. The number of carboxylic acids is 1. The van der Waals surface area contributed by atoms with Gasteiger partial charge in [0.2, 0.25) is 5.91 Å². The summed E-state index contributed by atoms with van der Waals surface area (Å²) in [5.74, 6) is -0.355. The lowest BCUT2D eigenvalue weighted by Gasteiger charge is -2.28. The van der Waals surface area contributed by atoms with E-state index in [-0.39, 0.29) is 17.4 Å². The fraction of sp³-hybridized carbons (Fsp3) is 0.500. The summed E-state index contributed by atoms with van der Waals surface area (Å²) in [7, 11) is 0. The molecule has 114 valence electrons. The highest BCUT2D eigenvalue weighted by Crippen LogP contribution is 2.23. The maximum Gasteiger partial charge on any atom is 0.337 e. The van der Waals surface area contributed by atoms with Crippen LogP contribution in [0, 0.1) is 11.8 Å². The summed E-state index contributed by atoms with van der Waals surface area (Å²) in [6.45, 7) is 4.10. The lowest BCUT2D eigenvalue weighted by Crippen LogP contribution is -2.34. The predicted octanol–water partition coefficient (Wildman–Crippen LogP) is 2.35. The average molecular weight is 290 g/mol. The second-order valence-corrected chi connectivity index (χ2v) is 5.69. The smallest absolute Gasteiger partial charge is 0.337 e. The van der Waals surface area contributed by atoms with Gasteiger partial charge in [-0.3, -0.25) is 4.79 Å². The maximum absolute atomic E-state index is 12.1. The number of amides is 1. The second-order valence-electron chi connectivity index (χ2n) is 5.69. The molecular formula is C16H22N2O3. The van der Waals surface area contributed by atoms with Crippen LogP contribution in [0.3, 0.4) is 0 Å². The first kappa shape index (κ1) is 15.5. The van der Waals surface area contributed by atoms with Crippen LogP contribution in [0.15, 0.2) is 24.3 Å². The van der Waals surface area contributed by atoms with E-state index in [2.05, 4.69) is 17.6 Å². The van der Waals surface area contributed by atoms with E-state index in [1.54, 1.807) is 18.2 Å².